The second-order valence-electron chi connectivity index (χ2n) is 7.32. The Labute approximate surface area is 150 Å². The average molecular weight is 349 g/mol. The average Bonchev–Trinajstić information content (AvgIpc) is 2.95. The molecule has 0 radical (unpaired) electrons. The second kappa shape index (κ2) is 8.73. The largest absolute Gasteiger partial charge is 0.336 e. The third-order valence-corrected chi connectivity index (χ3v) is 5.28. The molecule has 0 spiro atoms. The van der Waals surface area contributed by atoms with E-state index in [2.05, 4.69) is 39.5 Å². The Morgan fingerprint density at radius 1 is 1.24 bits per heavy atom. The fourth-order valence-corrected chi connectivity index (χ4v) is 3.57. The Bertz CT molecular complexity index is 553. The van der Waals surface area contributed by atoms with Gasteiger partial charge in [0.25, 0.3) is 5.91 Å². The maximum Gasteiger partial charge on any atom is 0.276 e. The van der Waals surface area contributed by atoms with E-state index in [1.165, 1.54) is 6.42 Å². The zero-order valence-corrected chi connectivity index (χ0v) is 15.5. The van der Waals surface area contributed by atoms with Gasteiger partial charge >= 0.3 is 0 Å². The minimum Gasteiger partial charge on any atom is -0.336 e. The number of likely N-dealkylation sites (tertiary alicyclic amines) is 1. The molecule has 2 aliphatic heterocycles. The number of hydrogen-bond donors (Lipinski definition) is 1. The predicted octanol–water partition coefficient (Wildman–Crippen LogP) is -0.260. The summed E-state index contributed by atoms with van der Waals surface area (Å²) in [6.45, 7) is 7.55. The van der Waals surface area contributed by atoms with Gasteiger partial charge in [-0.15, -0.1) is 5.10 Å². The van der Waals surface area contributed by atoms with Crippen LogP contribution in [0.3, 0.4) is 0 Å². The zero-order chi connectivity index (χ0) is 17.6. The van der Waals surface area contributed by atoms with Gasteiger partial charge in [-0.25, -0.2) is 0 Å². The molecular formula is C17H31N7O. The number of aromatic nitrogens is 3. The number of nitrogens with zero attached hydrogens (tertiary/aromatic N) is 6. The van der Waals surface area contributed by atoms with Crippen LogP contribution in [-0.2, 0) is 6.54 Å². The van der Waals surface area contributed by atoms with E-state index in [-0.39, 0.29) is 5.91 Å². The molecule has 2 saturated heterocycles. The molecule has 8 heteroatoms. The van der Waals surface area contributed by atoms with E-state index in [4.69, 9.17) is 0 Å². The highest BCUT2D eigenvalue weighted by atomic mass is 16.2. The van der Waals surface area contributed by atoms with E-state index in [0.29, 0.717) is 11.7 Å². The van der Waals surface area contributed by atoms with E-state index < -0.39 is 0 Å². The van der Waals surface area contributed by atoms with Crippen LogP contribution in [0.5, 0.6) is 0 Å². The van der Waals surface area contributed by atoms with E-state index >= 15 is 0 Å². The summed E-state index contributed by atoms with van der Waals surface area (Å²) in [6, 6.07) is 0.425. The first-order valence-corrected chi connectivity index (χ1v) is 9.42. The lowest BCUT2D eigenvalue weighted by Gasteiger charge is -2.28. The lowest BCUT2D eigenvalue weighted by Crippen LogP contribution is -2.44. The van der Waals surface area contributed by atoms with Gasteiger partial charge in [-0.2, -0.15) is 0 Å². The Hall–Kier alpha value is -1.51. The predicted molar refractivity (Wildman–Crippen MR) is 96.6 cm³/mol. The summed E-state index contributed by atoms with van der Waals surface area (Å²) in [5.41, 5.74) is 0.472. The smallest absolute Gasteiger partial charge is 0.276 e. The van der Waals surface area contributed by atoms with Gasteiger partial charge in [0.15, 0.2) is 5.69 Å². The normalized spacial score (nSPS) is 23.0. The molecule has 25 heavy (non-hydrogen) atoms. The number of piperazine rings is 1. The molecule has 3 heterocycles. The van der Waals surface area contributed by atoms with Gasteiger partial charge in [0, 0.05) is 51.9 Å². The fourth-order valence-electron chi connectivity index (χ4n) is 3.57. The monoisotopic (exact) mass is 349 g/mol. The van der Waals surface area contributed by atoms with E-state index in [0.717, 1.165) is 65.2 Å². The van der Waals surface area contributed by atoms with Gasteiger partial charge in [0.05, 0.1) is 12.7 Å². The number of likely N-dealkylation sites (N-methyl/N-ethyl adjacent to an activating group) is 1. The van der Waals surface area contributed by atoms with Crippen molar-refractivity contribution < 1.29 is 4.79 Å². The first-order valence-electron chi connectivity index (χ1n) is 9.42. The molecule has 0 bridgehead atoms. The van der Waals surface area contributed by atoms with Crippen LogP contribution in [0, 0.1) is 0 Å². The summed E-state index contributed by atoms with van der Waals surface area (Å²) in [5, 5.41) is 11.6. The van der Waals surface area contributed by atoms with Gasteiger partial charge in [-0.3, -0.25) is 14.4 Å². The van der Waals surface area contributed by atoms with Gasteiger partial charge < -0.3 is 15.1 Å². The molecule has 140 valence electrons. The van der Waals surface area contributed by atoms with Crippen molar-refractivity contribution in [3.05, 3.63) is 11.9 Å². The van der Waals surface area contributed by atoms with Crippen molar-refractivity contribution in [1.29, 1.82) is 0 Å². The van der Waals surface area contributed by atoms with Gasteiger partial charge in [-0.05, 0) is 26.9 Å². The molecule has 2 aliphatic rings. The molecule has 1 aromatic heterocycles. The molecule has 1 amide bonds. The highest BCUT2D eigenvalue weighted by Crippen LogP contribution is 2.15. The van der Waals surface area contributed by atoms with Gasteiger partial charge in [0.1, 0.15) is 0 Å². The van der Waals surface area contributed by atoms with Crippen molar-refractivity contribution in [1.82, 2.24) is 35.0 Å². The molecule has 0 aromatic carbocycles. The number of carbonyl (C=O) groups excluding carboxylic acids is 1. The first-order chi connectivity index (χ1) is 12.1. The standard InChI is InChI=1S/C17H31N7O/c1-21(2)15-5-3-4-8-23(13-15)17(25)16-14-24(20-19-16)12-11-22-9-6-18-7-10-22/h14-15,18H,3-13H2,1-2H3/t15-/m0/s1. The lowest BCUT2D eigenvalue weighted by molar-refractivity contribution is 0.0719. The molecule has 0 saturated carbocycles. The number of carbonyl (C=O) groups is 1. The van der Waals surface area contributed by atoms with Crippen LogP contribution in [-0.4, -0.2) is 102 Å². The van der Waals surface area contributed by atoms with Crippen molar-refractivity contribution in [3.8, 4) is 0 Å². The maximum atomic E-state index is 12.8. The van der Waals surface area contributed by atoms with Crippen molar-refractivity contribution >= 4 is 5.91 Å². The Balaban J connectivity index is 1.55. The minimum absolute atomic E-state index is 0.0159. The Morgan fingerprint density at radius 3 is 2.80 bits per heavy atom. The minimum atomic E-state index is 0.0159. The molecule has 0 unspecified atom stereocenters. The summed E-state index contributed by atoms with van der Waals surface area (Å²) in [5.74, 6) is 0.0159. The third-order valence-electron chi connectivity index (χ3n) is 5.28. The van der Waals surface area contributed by atoms with Crippen LogP contribution in [0.4, 0.5) is 0 Å². The summed E-state index contributed by atoms with van der Waals surface area (Å²) >= 11 is 0. The number of amides is 1. The van der Waals surface area contributed by atoms with Crippen molar-refractivity contribution in [2.75, 3.05) is 59.9 Å². The maximum absolute atomic E-state index is 12.8. The van der Waals surface area contributed by atoms with E-state index in [9.17, 15) is 4.79 Å². The van der Waals surface area contributed by atoms with Crippen molar-refractivity contribution in [2.45, 2.75) is 31.8 Å². The molecule has 1 N–H and O–H groups in total. The molecule has 2 fully saturated rings. The molecule has 3 rings (SSSR count). The zero-order valence-electron chi connectivity index (χ0n) is 15.5. The summed E-state index contributed by atoms with van der Waals surface area (Å²) in [7, 11) is 4.18. The molecular weight excluding hydrogens is 318 g/mol. The molecule has 8 nitrogen and oxygen atoms in total. The Morgan fingerprint density at radius 2 is 2.04 bits per heavy atom. The molecule has 1 aromatic rings. The Kier molecular flexibility index (Phi) is 6.39. The number of hydrogen-bond acceptors (Lipinski definition) is 6. The van der Waals surface area contributed by atoms with Gasteiger partial charge in [-0.1, -0.05) is 11.6 Å². The lowest BCUT2D eigenvalue weighted by atomic mass is 10.1. The summed E-state index contributed by atoms with van der Waals surface area (Å²) in [4.78, 5) is 19.4. The fraction of sp³-hybridized carbons (Fsp3) is 0.824. The number of nitrogens with one attached hydrogen (secondary N) is 1. The number of rotatable bonds is 5. The van der Waals surface area contributed by atoms with E-state index in [1.54, 1.807) is 10.9 Å². The van der Waals surface area contributed by atoms with Gasteiger partial charge in [0.2, 0.25) is 0 Å². The summed E-state index contributed by atoms with van der Waals surface area (Å²) in [6.07, 6.45) is 5.19. The molecule has 0 aliphatic carbocycles. The summed E-state index contributed by atoms with van der Waals surface area (Å²) < 4.78 is 1.80. The molecule has 1 atom stereocenters. The quantitative estimate of drug-likeness (QED) is 0.790. The third kappa shape index (κ3) is 4.99. The van der Waals surface area contributed by atoms with Crippen molar-refractivity contribution in [2.24, 2.45) is 0 Å². The second-order valence-corrected chi connectivity index (χ2v) is 7.32. The van der Waals surface area contributed by atoms with Crippen molar-refractivity contribution in [3.63, 3.8) is 0 Å². The highest BCUT2D eigenvalue weighted by molar-refractivity contribution is 5.92. The van der Waals surface area contributed by atoms with Crippen LogP contribution >= 0.6 is 0 Å². The topological polar surface area (TPSA) is 69.5 Å². The van der Waals surface area contributed by atoms with Crippen LogP contribution < -0.4 is 5.32 Å². The van der Waals surface area contributed by atoms with Crippen LogP contribution in [0.15, 0.2) is 6.20 Å². The van der Waals surface area contributed by atoms with Crippen LogP contribution in [0.25, 0.3) is 0 Å². The first kappa shape index (κ1) is 18.3. The van der Waals surface area contributed by atoms with Crippen LogP contribution in [0.2, 0.25) is 0 Å². The SMILES string of the molecule is CN(C)[C@H]1CCCCN(C(=O)c2cn(CCN3CCNCC3)nn2)C1. The van der Waals surface area contributed by atoms with E-state index in [1.807, 2.05) is 4.90 Å². The van der Waals surface area contributed by atoms with Crippen LogP contribution in [0.1, 0.15) is 29.8 Å². The highest BCUT2D eigenvalue weighted by Gasteiger charge is 2.25.